The van der Waals surface area contributed by atoms with Crippen LogP contribution in [0.4, 0.5) is 0 Å². The molecule has 0 heterocycles. The van der Waals surface area contributed by atoms with Gasteiger partial charge in [0.05, 0.1) is 0 Å². The van der Waals surface area contributed by atoms with Crippen molar-refractivity contribution in [3.05, 3.63) is 36.0 Å². The van der Waals surface area contributed by atoms with Gasteiger partial charge in [-0.25, -0.2) is 0 Å². The van der Waals surface area contributed by atoms with Gasteiger partial charge in [-0.1, -0.05) is 36.0 Å². The second kappa shape index (κ2) is 5.36. The van der Waals surface area contributed by atoms with Crippen molar-refractivity contribution < 1.29 is 0 Å². The van der Waals surface area contributed by atoms with Gasteiger partial charge < -0.3 is 0 Å². The highest BCUT2D eigenvalue weighted by Crippen LogP contribution is 1.92. The zero-order valence-corrected chi connectivity index (χ0v) is 6.39. The molecule has 0 saturated heterocycles. The third-order valence-electron chi connectivity index (χ3n) is 1.12. The fraction of sp³-hybridized carbons (Fsp3) is 0.333. The highest BCUT2D eigenvalue weighted by molar-refractivity contribution is 5.18. The van der Waals surface area contributed by atoms with Crippen LogP contribution in [0.1, 0.15) is 20.8 Å². The van der Waals surface area contributed by atoms with Crippen molar-refractivity contribution in [3.8, 4) is 0 Å². The molecule has 0 aliphatic rings. The highest BCUT2D eigenvalue weighted by Gasteiger charge is 1.71. The molecule has 0 fully saturated rings. The van der Waals surface area contributed by atoms with E-state index in [0.717, 1.165) is 0 Å². The van der Waals surface area contributed by atoms with Crippen LogP contribution in [-0.4, -0.2) is 0 Å². The lowest BCUT2D eigenvalue weighted by atomic mass is 10.2. The Labute approximate surface area is 57.6 Å². The molecule has 0 unspecified atom stereocenters. The quantitative estimate of drug-likeness (QED) is 0.494. The molecule has 0 nitrogen and oxygen atoms in total. The van der Waals surface area contributed by atoms with Gasteiger partial charge >= 0.3 is 0 Å². The topological polar surface area (TPSA) is 0 Å². The first-order chi connectivity index (χ1) is 4.31. The predicted molar refractivity (Wildman–Crippen MR) is 43.4 cm³/mol. The molecule has 0 aromatic carbocycles. The minimum absolute atomic E-state index is 1.30. The van der Waals surface area contributed by atoms with Gasteiger partial charge in [-0.3, -0.25) is 0 Å². The normalized spacial score (nSPS) is 13.9. The molecule has 0 amide bonds. The highest BCUT2D eigenvalue weighted by atomic mass is 13.8. The molecule has 0 radical (unpaired) electrons. The molecule has 0 saturated carbocycles. The maximum atomic E-state index is 2.08. The van der Waals surface area contributed by atoms with Gasteiger partial charge in [0, 0.05) is 0 Å². The molecule has 0 aromatic heterocycles. The number of hydrogen-bond donors (Lipinski definition) is 0. The van der Waals surface area contributed by atoms with Crippen molar-refractivity contribution in [2.24, 2.45) is 0 Å². The Hall–Kier alpha value is -0.780. The maximum absolute atomic E-state index is 2.08. The molecule has 0 N–H and O–H groups in total. The summed E-state index contributed by atoms with van der Waals surface area (Å²) < 4.78 is 0. The number of rotatable bonds is 2. The van der Waals surface area contributed by atoms with E-state index in [-0.39, 0.29) is 0 Å². The molecule has 0 aliphatic heterocycles. The van der Waals surface area contributed by atoms with Crippen LogP contribution in [0, 0.1) is 0 Å². The van der Waals surface area contributed by atoms with Crippen molar-refractivity contribution >= 4 is 0 Å². The lowest BCUT2D eigenvalue weighted by molar-refractivity contribution is 1.48. The van der Waals surface area contributed by atoms with Crippen LogP contribution in [-0.2, 0) is 0 Å². The Morgan fingerprint density at radius 3 is 2.22 bits per heavy atom. The Kier molecular flexibility index (Phi) is 4.89. The molecule has 0 rings (SSSR count). The monoisotopic (exact) mass is 122 g/mol. The maximum Gasteiger partial charge on any atom is -0.0401 e. The van der Waals surface area contributed by atoms with Crippen LogP contribution in [0.25, 0.3) is 0 Å². The van der Waals surface area contributed by atoms with Crippen molar-refractivity contribution in [1.82, 2.24) is 0 Å². The summed E-state index contributed by atoms with van der Waals surface area (Å²) in [6.07, 6.45) is 10.2. The summed E-state index contributed by atoms with van der Waals surface area (Å²) in [4.78, 5) is 0. The smallest absolute Gasteiger partial charge is 0.0401 e. The summed E-state index contributed by atoms with van der Waals surface area (Å²) in [7, 11) is 0. The van der Waals surface area contributed by atoms with E-state index in [1.54, 1.807) is 0 Å². The zero-order chi connectivity index (χ0) is 7.11. The second-order valence-electron chi connectivity index (χ2n) is 1.92. The van der Waals surface area contributed by atoms with Gasteiger partial charge in [-0.15, -0.1) is 0 Å². The largest absolute Gasteiger partial charge is 0.0877 e. The number of allylic oxidation sites excluding steroid dienone is 6. The summed E-state index contributed by atoms with van der Waals surface area (Å²) in [5.41, 5.74) is 1.30. The van der Waals surface area contributed by atoms with Crippen molar-refractivity contribution in [3.63, 3.8) is 0 Å². The summed E-state index contributed by atoms with van der Waals surface area (Å²) in [5.74, 6) is 0. The summed E-state index contributed by atoms with van der Waals surface area (Å²) >= 11 is 0. The fourth-order valence-electron chi connectivity index (χ4n) is 0.415. The average molecular weight is 122 g/mol. The predicted octanol–water partition coefficient (Wildman–Crippen LogP) is 3.08. The molecule has 50 valence electrons. The van der Waals surface area contributed by atoms with Gasteiger partial charge in [0.15, 0.2) is 0 Å². The van der Waals surface area contributed by atoms with Crippen LogP contribution < -0.4 is 0 Å². The van der Waals surface area contributed by atoms with Crippen LogP contribution in [0.2, 0.25) is 0 Å². The molecule has 0 atom stereocenters. The van der Waals surface area contributed by atoms with Crippen LogP contribution in [0.3, 0.4) is 0 Å². The first-order valence-electron chi connectivity index (χ1n) is 3.23. The van der Waals surface area contributed by atoms with Crippen LogP contribution in [0.5, 0.6) is 0 Å². The van der Waals surface area contributed by atoms with E-state index in [2.05, 4.69) is 19.1 Å². The molecule has 0 aliphatic carbocycles. The lowest BCUT2D eigenvalue weighted by Gasteiger charge is -1.82. The van der Waals surface area contributed by atoms with Crippen molar-refractivity contribution in [2.75, 3.05) is 0 Å². The minimum atomic E-state index is 1.30. The fourth-order valence-corrected chi connectivity index (χ4v) is 0.415. The second-order valence-corrected chi connectivity index (χ2v) is 1.92. The van der Waals surface area contributed by atoms with E-state index in [1.165, 1.54) is 5.57 Å². The summed E-state index contributed by atoms with van der Waals surface area (Å²) in [6, 6.07) is 0. The molecule has 0 bridgehead atoms. The van der Waals surface area contributed by atoms with E-state index >= 15 is 0 Å². The average Bonchev–Trinajstić information content (AvgIpc) is 1.89. The summed E-state index contributed by atoms with van der Waals surface area (Å²) in [5, 5.41) is 0. The first kappa shape index (κ1) is 8.22. The molecule has 0 heteroatoms. The van der Waals surface area contributed by atoms with Gasteiger partial charge in [0.1, 0.15) is 0 Å². The van der Waals surface area contributed by atoms with E-state index in [0.29, 0.717) is 0 Å². The number of hydrogen-bond acceptors (Lipinski definition) is 0. The Morgan fingerprint density at radius 1 is 1.11 bits per heavy atom. The zero-order valence-electron chi connectivity index (χ0n) is 6.39. The molecular formula is C9H14. The van der Waals surface area contributed by atoms with Gasteiger partial charge in [-0.05, 0) is 20.8 Å². The standard InChI is InChI=1S/C9H14/c1-4-6-7-8-9(3)5-2/h4-8H,1-3H3/b6-4+,8-7-,9-5-. The Balaban J connectivity index is 3.71. The SMILES string of the molecule is C\C=C(C)/C=C\C=C\C. The van der Waals surface area contributed by atoms with E-state index < -0.39 is 0 Å². The van der Waals surface area contributed by atoms with Crippen LogP contribution >= 0.6 is 0 Å². The van der Waals surface area contributed by atoms with Gasteiger partial charge in [0.25, 0.3) is 0 Å². The van der Waals surface area contributed by atoms with E-state index in [4.69, 9.17) is 0 Å². The third-order valence-corrected chi connectivity index (χ3v) is 1.12. The van der Waals surface area contributed by atoms with Gasteiger partial charge in [0.2, 0.25) is 0 Å². The molecule has 0 spiro atoms. The summed E-state index contributed by atoms with van der Waals surface area (Å²) in [6.45, 7) is 6.13. The van der Waals surface area contributed by atoms with E-state index in [9.17, 15) is 0 Å². The van der Waals surface area contributed by atoms with Crippen LogP contribution in [0.15, 0.2) is 36.0 Å². The first-order valence-corrected chi connectivity index (χ1v) is 3.23. The Morgan fingerprint density at radius 2 is 1.78 bits per heavy atom. The molecule has 9 heavy (non-hydrogen) atoms. The molecular weight excluding hydrogens is 108 g/mol. The Bertz CT molecular complexity index is 136. The lowest BCUT2D eigenvalue weighted by Crippen LogP contribution is -1.61. The van der Waals surface area contributed by atoms with Gasteiger partial charge in [-0.2, -0.15) is 0 Å². The molecule has 0 aromatic rings. The minimum Gasteiger partial charge on any atom is -0.0877 e. The van der Waals surface area contributed by atoms with Crippen molar-refractivity contribution in [2.45, 2.75) is 20.8 Å². The third kappa shape index (κ3) is 5.09. The van der Waals surface area contributed by atoms with Crippen molar-refractivity contribution in [1.29, 1.82) is 0 Å². The van der Waals surface area contributed by atoms with E-state index in [1.807, 2.05) is 32.1 Å².